The van der Waals surface area contributed by atoms with Crippen molar-refractivity contribution in [2.24, 2.45) is 23.1 Å². The van der Waals surface area contributed by atoms with E-state index in [2.05, 4.69) is 38.3 Å². The van der Waals surface area contributed by atoms with Crippen molar-refractivity contribution in [3.63, 3.8) is 0 Å². The monoisotopic (exact) mass is 565 g/mol. The van der Waals surface area contributed by atoms with E-state index in [9.17, 15) is 9.59 Å². The number of carbonyl (C=O) groups is 2. The van der Waals surface area contributed by atoms with Crippen LogP contribution in [0.1, 0.15) is 125 Å². The minimum atomic E-state index is -0.516. The highest BCUT2D eigenvalue weighted by Crippen LogP contribution is 2.32. The van der Waals surface area contributed by atoms with Gasteiger partial charge in [0.1, 0.15) is 9.75 Å². The first-order chi connectivity index (χ1) is 18.1. The zero-order valence-electron chi connectivity index (χ0n) is 23.6. The fraction of sp³-hybridized carbons (Fsp3) is 0.704. The van der Waals surface area contributed by atoms with Crippen molar-refractivity contribution in [2.75, 3.05) is 13.1 Å². The number of rotatable bonds is 18. The van der Waals surface area contributed by atoms with E-state index in [0.29, 0.717) is 35.0 Å². The highest BCUT2D eigenvalue weighted by molar-refractivity contribution is 7.14. The Bertz CT molecular complexity index is 1020. The molecule has 0 aliphatic carbocycles. The van der Waals surface area contributed by atoms with Crippen LogP contribution in [0.2, 0.25) is 0 Å². The van der Waals surface area contributed by atoms with E-state index in [0.717, 1.165) is 60.7 Å². The van der Waals surface area contributed by atoms with Crippen molar-refractivity contribution >= 4 is 34.5 Å². The van der Waals surface area contributed by atoms with Crippen LogP contribution in [0, 0.1) is 12.8 Å². The number of nitrogens with zero attached hydrogens (tertiary/aromatic N) is 2. The maximum atomic E-state index is 13.8. The van der Waals surface area contributed by atoms with Crippen molar-refractivity contribution in [1.82, 2.24) is 20.6 Å². The van der Waals surface area contributed by atoms with Gasteiger partial charge in [0.2, 0.25) is 0 Å². The molecule has 2 rings (SSSR count). The van der Waals surface area contributed by atoms with Crippen molar-refractivity contribution in [2.45, 2.75) is 104 Å². The lowest BCUT2D eigenvalue weighted by Gasteiger charge is -2.23. The summed E-state index contributed by atoms with van der Waals surface area (Å²) in [5.74, 6) is -0.445. The van der Waals surface area contributed by atoms with Gasteiger partial charge in [-0.05, 0) is 77.8 Å². The molecule has 0 radical (unpaired) electrons. The molecule has 38 heavy (non-hydrogen) atoms. The highest BCUT2D eigenvalue weighted by atomic mass is 32.1. The molecule has 8 N–H and O–H groups in total. The van der Waals surface area contributed by atoms with Crippen LogP contribution >= 0.6 is 22.7 Å². The quantitative estimate of drug-likeness (QED) is 0.168. The largest absolute Gasteiger partial charge is 0.365 e. The predicted octanol–water partition coefficient (Wildman–Crippen LogP) is 4.36. The predicted molar refractivity (Wildman–Crippen MR) is 158 cm³/mol. The smallest absolute Gasteiger partial charge is 0.263 e. The van der Waals surface area contributed by atoms with Crippen LogP contribution in [-0.2, 0) is 6.42 Å². The molecule has 0 fully saturated rings. The van der Waals surface area contributed by atoms with Gasteiger partial charge in [0.15, 0.2) is 0 Å². The molecule has 2 heterocycles. The zero-order chi connectivity index (χ0) is 28.2. The van der Waals surface area contributed by atoms with Crippen LogP contribution in [0.4, 0.5) is 0 Å². The molecule has 2 aromatic rings. The van der Waals surface area contributed by atoms with Crippen LogP contribution in [0.5, 0.6) is 0 Å². The molecule has 0 saturated carbocycles. The van der Waals surface area contributed by atoms with Gasteiger partial charge < -0.3 is 27.8 Å². The number of amides is 2. The lowest BCUT2D eigenvalue weighted by atomic mass is 9.99. The number of hydrogen-bond acceptors (Lipinski definition) is 9. The fourth-order valence-electron chi connectivity index (χ4n) is 4.35. The van der Waals surface area contributed by atoms with Crippen molar-refractivity contribution in [1.29, 1.82) is 0 Å². The fourth-order valence-corrected chi connectivity index (χ4v) is 6.25. The van der Waals surface area contributed by atoms with Gasteiger partial charge in [-0.1, -0.05) is 27.2 Å². The molecule has 1 unspecified atom stereocenters. The van der Waals surface area contributed by atoms with E-state index in [1.54, 1.807) is 0 Å². The summed E-state index contributed by atoms with van der Waals surface area (Å²) in [5.41, 5.74) is 18.5. The molecule has 0 aliphatic rings. The van der Waals surface area contributed by atoms with Gasteiger partial charge in [0.05, 0.1) is 33.5 Å². The number of nitrogens with two attached hydrogens (primary N) is 3. The Kier molecular flexibility index (Phi) is 13.8. The van der Waals surface area contributed by atoms with Crippen LogP contribution in [0.3, 0.4) is 0 Å². The third-order valence-electron chi connectivity index (χ3n) is 6.45. The Morgan fingerprint density at radius 1 is 0.921 bits per heavy atom. The summed E-state index contributed by atoms with van der Waals surface area (Å²) in [5, 5.41) is 8.55. The first-order valence-corrected chi connectivity index (χ1v) is 15.5. The van der Waals surface area contributed by atoms with Crippen LogP contribution in [-0.4, -0.2) is 40.9 Å². The second-order valence-electron chi connectivity index (χ2n) is 10.3. The molecule has 2 aromatic heterocycles. The van der Waals surface area contributed by atoms with E-state index < -0.39 is 11.9 Å². The number of unbranched alkanes of at least 4 members (excludes halogenated alkanes) is 2. The van der Waals surface area contributed by atoms with Crippen LogP contribution in [0.25, 0.3) is 0 Å². The zero-order valence-corrected chi connectivity index (χ0v) is 25.3. The SMILES string of the molecule is CCC(C)N[C@@H](CCCCN)c1nc(C)sc1C(=O)N[C@@H](CC(C)C)c1nc(CCCCN)sc1C(N)=O. The summed E-state index contributed by atoms with van der Waals surface area (Å²) in [6.45, 7) is 11.6. The molecule has 0 aliphatic heterocycles. The standard InChI is InChI=1S/C27H47N7O2S2/c1-6-17(4)31-19(11-7-9-13-28)22-25(37-18(5)32-22)27(36)33-20(15-16(2)3)23-24(26(30)35)38-21(34-23)12-8-10-14-29/h16-17,19-20,31H,6-15,28-29H2,1-5H3,(H2,30,35)(H,33,36)/t17?,19-,20-/m0/s1. The summed E-state index contributed by atoms with van der Waals surface area (Å²) < 4.78 is 0. The molecule has 0 bridgehead atoms. The van der Waals surface area contributed by atoms with E-state index in [1.807, 2.05) is 6.92 Å². The Balaban J connectivity index is 2.39. The number of aryl methyl sites for hydroxylation is 2. The molecular weight excluding hydrogens is 518 g/mol. The second kappa shape index (κ2) is 16.2. The third-order valence-corrected chi connectivity index (χ3v) is 8.58. The van der Waals surface area contributed by atoms with Gasteiger partial charge in [0.25, 0.3) is 11.8 Å². The van der Waals surface area contributed by atoms with E-state index in [1.165, 1.54) is 22.7 Å². The Hall–Kier alpha value is -1.92. The molecular formula is C27H47N7O2S2. The van der Waals surface area contributed by atoms with Gasteiger partial charge in [-0.25, -0.2) is 9.97 Å². The topological polar surface area (TPSA) is 162 Å². The third kappa shape index (κ3) is 9.68. The van der Waals surface area contributed by atoms with Gasteiger partial charge >= 0.3 is 0 Å². The normalized spacial score (nSPS) is 14.0. The minimum Gasteiger partial charge on any atom is -0.365 e. The van der Waals surface area contributed by atoms with E-state index in [-0.39, 0.29) is 23.9 Å². The Morgan fingerprint density at radius 2 is 1.58 bits per heavy atom. The molecule has 11 heteroatoms. The summed E-state index contributed by atoms with van der Waals surface area (Å²) in [4.78, 5) is 36.7. The lowest BCUT2D eigenvalue weighted by Crippen LogP contribution is -2.34. The molecule has 9 nitrogen and oxygen atoms in total. The molecule has 0 aromatic carbocycles. The second-order valence-corrected chi connectivity index (χ2v) is 12.6. The Labute approximate surface area is 235 Å². The van der Waals surface area contributed by atoms with Crippen LogP contribution < -0.4 is 27.8 Å². The molecule has 0 spiro atoms. The Morgan fingerprint density at radius 3 is 2.18 bits per heavy atom. The van der Waals surface area contributed by atoms with E-state index in [4.69, 9.17) is 27.2 Å². The van der Waals surface area contributed by atoms with Gasteiger partial charge in [-0.15, -0.1) is 22.7 Å². The first kappa shape index (κ1) is 32.3. The van der Waals surface area contributed by atoms with Gasteiger partial charge in [-0.2, -0.15) is 0 Å². The van der Waals surface area contributed by atoms with Crippen molar-refractivity contribution in [3.05, 3.63) is 31.2 Å². The number of nitrogens with one attached hydrogen (secondary N) is 2. The summed E-state index contributed by atoms with van der Waals surface area (Å²) in [6.07, 6.45) is 6.84. The van der Waals surface area contributed by atoms with Crippen molar-refractivity contribution in [3.8, 4) is 0 Å². The number of aromatic nitrogens is 2. The maximum absolute atomic E-state index is 13.8. The number of thiazole rings is 2. The minimum absolute atomic E-state index is 0.0413. The molecule has 2 amide bonds. The number of carbonyl (C=O) groups excluding carboxylic acids is 2. The average Bonchev–Trinajstić information content (AvgIpc) is 3.47. The highest BCUT2D eigenvalue weighted by Gasteiger charge is 2.30. The van der Waals surface area contributed by atoms with E-state index >= 15 is 0 Å². The lowest BCUT2D eigenvalue weighted by molar-refractivity contribution is 0.0928. The number of hydrogen-bond donors (Lipinski definition) is 5. The molecule has 3 atom stereocenters. The van der Waals surface area contributed by atoms with Crippen LogP contribution in [0.15, 0.2) is 0 Å². The first-order valence-electron chi connectivity index (χ1n) is 13.8. The summed E-state index contributed by atoms with van der Waals surface area (Å²) in [6, 6.07) is -0.186. The number of primary amides is 1. The summed E-state index contributed by atoms with van der Waals surface area (Å²) >= 11 is 2.72. The van der Waals surface area contributed by atoms with Crippen molar-refractivity contribution < 1.29 is 9.59 Å². The molecule has 214 valence electrons. The average molecular weight is 566 g/mol. The van der Waals surface area contributed by atoms with Gasteiger partial charge in [-0.3, -0.25) is 9.59 Å². The maximum Gasteiger partial charge on any atom is 0.263 e. The summed E-state index contributed by atoms with van der Waals surface area (Å²) in [7, 11) is 0. The van der Waals surface area contributed by atoms with Gasteiger partial charge in [0, 0.05) is 6.04 Å². The molecule has 0 saturated heterocycles.